The number of aliphatic carboxylic acids is 1. The maximum Gasteiger partial charge on any atom is 0.337 e. The Hall–Kier alpha value is -3.97. The summed E-state index contributed by atoms with van der Waals surface area (Å²) < 4.78 is 4.88. The molecule has 0 radical (unpaired) electrons. The molecule has 0 fully saturated rings. The predicted octanol–water partition coefficient (Wildman–Crippen LogP) is 3.41. The Bertz CT molecular complexity index is 1120. The number of rotatable bonds is 4. The van der Waals surface area contributed by atoms with Gasteiger partial charge in [-0.05, 0) is 41.0 Å². The zero-order valence-corrected chi connectivity index (χ0v) is 15.9. The molecule has 0 heterocycles. The van der Waals surface area contributed by atoms with Crippen molar-refractivity contribution < 1.29 is 34.4 Å². The molecule has 152 valence electrons. The van der Waals surface area contributed by atoms with Gasteiger partial charge in [0.25, 0.3) is 0 Å². The molecule has 1 atom stereocenters. The van der Waals surface area contributed by atoms with Crippen molar-refractivity contribution in [1.82, 2.24) is 0 Å². The molecule has 1 aliphatic carbocycles. The Kier molecular flexibility index (Phi) is 5.94. The second kappa shape index (κ2) is 8.59. The number of methoxy groups -OCH3 is 1. The van der Waals surface area contributed by atoms with Gasteiger partial charge < -0.3 is 20.1 Å². The van der Waals surface area contributed by atoms with E-state index in [2.05, 4.69) is 0 Å². The number of fused-ring (bicyclic) bond motifs is 3. The molecule has 0 aromatic heterocycles. The average molecular weight is 406 g/mol. The third-order valence-corrected chi connectivity index (χ3v) is 4.64. The minimum Gasteiger partial charge on any atom is -0.497 e. The molecule has 0 saturated heterocycles. The highest BCUT2D eigenvalue weighted by Gasteiger charge is 2.26. The lowest BCUT2D eigenvalue weighted by atomic mass is 10.0. The molecule has 0 aliphatic heterocycles. The van der Waals surface area contributed by atoms with Gasteiger partial charge in [-0.2, -0.15) is 0 Å². The lowest BCUT2D eigenvalue weighted by Gasteiger charge is -2.06. The number of carboxylic acids is 2. The van der Waals surface area contributed by atoms with E-state index in [0.29, 0.717) is 22.4 Å². The van der Waals surface area contributed by atoms with Gasteiger partial charge in [0.05, 0.1) is 12.7 Å². The van der Waals surface area contributed by atoms with Gasteiger partial charge in [0.1, 0.15) is 5.75 Å². The van der Waals surface area contributed by atoms with E-state index in [1.807, 2.05) is 12.1 Å². The molecule has 3 aromatic carbocycles. The Morgan fingerprint density at radius 2 is 1.43 bits per heavy atom. The van der Waals surface area contributed by atoms with Crippen LogP contribution in [0.3, 0.4) is 0 Å². The fraction of sp³-hybridized carbons (Fsp3) is 0.0870. The van der Waals surface area contributed by atoms with E-state index in [0.717, 1.165) is 11.1 Å². The molecule has 0 amide bonds. The van der Waals surface area contributed by atoms with Crippen LogP contribution in [0.15, 0.2) is 66.7 Å². The van der Waals surface area contributed by atoms with E-state index in [-0.39, 0.29) is 11.3 Å². The zero-order valence-electron chi connectivity index (χ0n) is 15.9. The van der Waals surface area contributed by atoms with E-state index in [1.54, 1.807) is 30.3 Å². The number of aromatic carboxylic acids is 1. The lowest BCUT2D eigenvalue weighted by molar-refractivity contribution is -0.146. The minimum absolute atomic E-state index is 0.0984. The van der Waals surface area contributed by atoms with Crippen molar-refractivity contribution >= 4 is 17.7 Å². The molecule has 3 N–H and O–H groups in total. The molecule has 30 heavy (non-hydrogen) atoms. The number of carbonyl (C=O) groups excluding carboxylic acids is 1. The summed E-state index contributed by atoms with van der Waals surface area (Å²) in [4.78, 5) is 33.3. The smallest absolute Gasteiger partial charge is 0.337 e. The van der Waals surface area contributed by atoms with Crippen molar-refractivity contribution in [3.63, 3.8) is 0 Å². The lowest BCUT2D eigenvalue weighted by Crippen LogP contribution is -2.09. The Morgan fingerprint density at radius 1 is 0.833 bits per heavy atom. The number of hydrogen-bond acceptors (Lipinski definition) is 5. The van der Waals surface area contributed by atoms with Gasteiger partial charge in [-0.1, -0.05) is 42.5 Å². The first-order valence-electron chi connectivity index (χ1n) is 8.89. The Labute approximate surface area is 171 Å². The van der Waals surface area contributed by atoms with Crippen LogP contribution in [0.1, 0.15) is 37.9 Å². The Balaban J connectivity index is 0.000000178. The molecule has 0 saturated carbocycles. The topological polar surface area (TPSA) is 121 Å². The van der Waals surface area contributed by atoms with Crippen LogP contribution in [0, 0.1) is 0 Å². The quantitative estimate of drug-likeness (QED) is 0.475. The van der Waals surface area contributed by atoms with Crippen LogP contribution in [0.4, 0.5) is 0 Å². The average Bonchev–Trinajstić information content (AvgIpc) is 3.05. The normalized spacial score (nSPS) is 12.1. The fourth-order valence-corrected chi connectivity index (χ4v) is 3.09. The largest absolute Gasteiger partial charge is 0.497 e. The summed E-state index contributed by atoms with van der Waals surface area (Å²) in [5.41, 5.74) is 3.30. The van der Waals surface area contributed by atoms with Gasteiger partial charge in [0.2, 0.25) is 0 Å². The summed E-state index contributed by atoms with van der Waals surface area (Å²) in [6.07, 6.45) is -1.47. The molecule has 3 aromatic rings. The first-order valence-corrected chi connectivity index (χ1v) is 8.89. The molecule has 7 nitrogen and oxygen atoms in total. The summed E-state index contributed by atoms with van der Waals surface area (Å²) in [5.74, 6) is -1.75. The third-order valence-electron chi connectivity index (χ3n) is 4.64. The highest BCUT2D eigenvalue weighted by atomic mass is 16.5. The molecule has 0 bridgehead atoms. The predicted molar refractivity (Wildman–Crippen MR) is 108 cm³/mol. The molecule has 0 unspecified atom stereocenters. The summed E-state index contributed by atoms with van der Waals surface area (Å²) in [5, 5.41) is 26.5. The molecule has 4 rings (SSSR count). The van der Waals surface area contributed by atoms with Crippen LogP contribution in [-0.4, -0.2) is 40.2 Å². The van der Waals surface area contributed by atoms with Crippen molar-refractivity contribution in [3.8, 4) is 16.9 Å². The van der Waals surface area contributed by atoms with Crippen LogP contribution in [0.25, 0.3) is 11.1 Å². The first-order chi connectivity index (χ1) is 14.3. The summed E-state index contributed by atoms with van der Waals surface area (Å²) >= 11 is 0. The van der Waals surface area contributed by atoms with Gasteiger partial charge in [0, 0.05) is 11.1 Å². The summed E-state index contributed by atoms with van der Waals surface area (Å²) in [6.45, 7) is 0. The van der Waals surface area contributed by atoms with Gasteiger partial charge >= 0.3 is 11.9 Å². The molecule has 7 heteroatoms. The first kappa shape index (κ1) is 20.8. The van der Waals surface area contributed by atoms with Gasteiger partial charge in [-0.15, -0.1) is 0 Å². The summed E-state index contributed by atoms with van der Waals surface area (Å²) in [7, 11) is 1.52. The summed E-state index contributed by atoms with van der Waals surface area (Å²) in [6, 6.07) is 18.2. The van der Waals surface area contributed by atoms with E-state index < -0.39 is 18.0 Å². The number of hydrogen-bond donors (Lipinski definition) is 3. The molecule has 1 aliphatic rings. The molecular formula is C23H18O7. The van der Waals surface area contributed by atoms with Crippen LogP contribution < -0.4 is 4.74 Å². The van der Waals surface area contributed by atoms with Crippen molar-refractivity contribution in [2.24, 2.45) is 0 Å². The highest BCUT2D eigenvalue weighted by molar-refractivity contribution is 6.22. The second-order valence-electron chi connectivity index (χ2n) is 6.45. The maximum absolute atomic E-state index is 12.1. The number of ketones is 1. The minimum atomic E-state index is -1.47. The monoisotopic (exact) mass is 406 g/mol. The number of aliphatic hydroxyl groups is 1. The number of carboxylic acid groups (broad SMARTS) is 2. The van der Waals surface area contributed by atoms with E-state index >= 15 is 0 Å². The van der Waals surface area contributed by atoms with Crippen molar-refractivity contribution in [3.05, 3.63) is 89.0 Å². The number of ether oxygens (including phenoxy) is 1. The second-order valence-corrected chi connectivity index (χ2v) is 6.45. The maximum atomic E-state index is 12.1. The third kappa shape index (κ3) is 4.06. The van der Waals surface area contributed by atoms with E-state index in [4.69, 9.17) is 20.1 Å². The van der Waals surface area contributed by atoms with Crippen LogP contribution in [0.5, 0.6) is 5.75 Å². The van der Waals surface area contributed by atoms with Gasteiger partial charge in [0.15, 0.2) is 11.9 Å². The van der Waals surface area contributed by atoms with Crippen LogP contribution in [-0.2, 0) is 4.79 Å². The number of benzene rings is 3. The van der Waals surface area contributed by atoms with Crippen molar-refractivity contribution in [1.29, 1.82) is 0 Å². The van der Waals surface area contributed by atoms with Gasteiger partial charge in [-0.25, -0.2) is 9.59 Å². The molecule has 0 spiro atoms. The van der Waals surface area contributed by atoms with Crippen molar-refractivity contribution in [2.45, 2.75) is 6.10 Å². The van der Waals surface area contributed by atoms with Gasteiger partial charge in [-0.3, -0.25) is 4.79 Å². The van der Waals surface area contributed by atoms with E-state index in [9.17, 15) is 14.4 Å². The molecular weight excluding hydrogens is 388 g/mol. The number of aliphatic hydroxyl groups excluding tert-OH is 1. The van der Waals surface area contributed by atoms with Crippen molar-refractivity contribution in [2.75, 3.05) is 7.11 Å². The van der Waals surface area contributed by atoms with Crippen LogP contribution >= 0.6 is 0 Å². The SMILES string of the molecule is COc1ccc([C@H](O)C(=O)O)cc1.O=C(O)c1ccc2c(c1)C(=O)c1ccccc1-2. The highest BCUT2D eigenvalue weighted by Crippen LogP contribution is 2.36. The van der Waals surface area contributed by atoms with E-state index in [1.165, 1.54) is 31.4 Å². The number of carbonyl (C=O) groups is 3. The Morgan fingerprint density at radius 3 is 2.00 bits per heavy atom. The zero-order chi connectivity index (χ0) is 21.8. The van der Waals surface area contributed by atoms with Crippen LogP contribution in [0.2, 0.25) is 0 Å². The standard InChI is InChI=1S/C14H8O3.C9H10O4/c15-13-11-4-2-1-3-9(11)10-6-5-8(14(16)17)7-12(10)13;1-13-7-4-2-6(3-5-7)8(10)9(11)12/h1-7H,(H,16,17);2-5,8,10H,1H3,(H,11,12)/t;8-/m.0/s1. The fourth-order valence-electron chi connectivity index (χ4n) is 3.09.